The molecule has 232 valence electrons. The molecular formula is C32H61NO4SSi2. The second kappa shape index (κ2) is 15.6. The van der Waals surface area contributed by atoms with E-state index in [1.54, 1.807) is 12.1 Å². The van der Waals surface area contributed by atoms with Crippen LogP contribution in [-0.2, 0) is 18.9 Å². The van der Waals surface area contributed by atoms with Crippen molar-refractivity contribution < 1.29 is 17.3 Å². The molecule has 0 aliphatic heterocycles. The van der Waals surface area contributed by atoms with E-state index in [1.807, 2.05) is 19.1 Å². The SMILES string of the molecule is CCCCCCCC/C=C/[C@@H](O[Si](C)(C)C(C)(C)C)[C@H](CO[Si](C)(C)C(C)(C)C)NS(=O)(=O)c1ccc(C)cc1. The number of hydrogen-bond acceptors (Lipinski definition) is 4. The summed E-state index contributed by atoms with van der Waals surface area (Å²) in [4.78, 5) is 0.262. The maximum absolute atomic E-state index is 13.6. The highest BCUT2D eigenvalue weighted by Crippen LogP contribution is 2.39. The molecule has 0 amide bonds. The number of benzene rings is 1. The fraction of sp³-hybridized carbons (Fsp3) is 0.750. The number of aryl methyl sites for hydroxylation is 1. The van der Waals surface area contributed by atoms with E-state index >= 15 is 0 Å². The zero-order chi connectivity index (χ0) is 30.8. The van der Waals surface area contributed by atoms with Crippen molar-refractivity contribution >= 4 is 26.7 Å². The Morgan fingerprint density at radius 1 is 0.850 bits per heavy atom. The van der Waals surface area contributed by atoms with Gasteiger partial charge in [0, 0.05) is 0 Å². The fourth-order valence-electron chi connectivity index (χ4n) is 3.74. The molecule has 0 aromatic heterocycles. The Balaban J connectivity index is 3.35. The van der Waals surface area contributed by atoms with E-state index in [-0.39, 0.29) is 21.6 Å². The number of sulfonamides is 1. The van der Waals surface area contributed by atoms with Crippen molar-refractivity contribution in [3.05, 3.63) is 42.0 Å². The molecule has 0 saturated carbocycles. The molecule has 2 atom stereocenters. The number of unbranched alkanes of at least 4 members (excludes halogenated alkanes) is 6. The third-order valence-electron chi connectivity index (χ3n) is 8.75. The Morgan fingerprint density at radius 2 is 1.38 bits per heavy atom. The first-order valence-electron chi connectivity index (χ1n) is 15.3. The van der Waals surface area contributed by atoms with Gasteiger partial charge in [0.2, 0.25) is 10.0 Å². The standard InChI is InChI=1S/C32H61NO4SSi2/c1-13-14-15-16-17-18-19-20-21-30(37-40(11,12)32(6,7)8)29(26-36-39(9,10)31(3,4)5)33-38(34,35)28-24-22-27(2)23-25-28/h20-25,29-30,33H,13-19,26H2,1-12H3/b21-20+/t29-,30+/m0/s1. The molecule has 1 aromatic rings. The minimum Gasteiger partial charge on any atom is -0.415 e. The molecule has 0 heterocycles. The molecule has 40 heavy (non-hydrogen) atoms. The van der Waals surface area contributed by atoms with E-state index in [0.717, 1.165) is 18.4 Å². The van der Waals surface area contributed by atoms with Gasteiger partial charge in [-0.05, 0) is 68.2 Å². The lowest BCUT2D eigenvalue weighted by molar-refractivity contribution is 0.143. The molecular weight excluding hydrogens is 551 g/mol. The lowest BCUT2D eigenvalue weighted by Crippen LogP contribution is -2.54. The summed E-state index contributed by atoms with van der Waals surface area (Å²) < 4.78 is 43.8. The van der Waals surface area contributed by atoms with E-state index in [1.165, 1.54) is 32.1 Å². The summed E-state index contributed by atoms with van der Waals surface area (Å²) in [5.41, 5.74) is 1.02. The highest BCUT2D eigenvalue weighted by Gasteiger charge is 2.42. The summed E-state index contributed by atoms with van der Waals surface area (Å²) in [6, 6.07) is 6.46. The minimum atomic E-state index is -3.78. The first-order chi connectivity index (χ1) is 18.2. The van der Waals surface area contributed by atoms with Gasteiger partial charge in [0.05, 0.1) is 23.6 Å². The van der Waals surface area contributed by atoms with E-state index in [0.29, 0.717) is 0 Å². The van der Waals surface area contributed by atoms with Crippen LogP contribution < -0.4 is 4.72 Å². The number of rotatable bonds is 17. The van der Waals surface area contributed by atoms with Gasteiger partial charge in [-0.15, -0.1) is 0 Å². The molecule has 1 aromatic carbocycles. The molecule has 0 unspecified atom stereocenters. The summed E-state index contributed by atoms with van der Waals surface area (Å²) in [5, 5.41) is -0.00415. The first-order valence-corrected chi connectivity index (χ1v) is 22.6. The summed E-state index contributed by atoms with van der Waals surface area (Å²) in [5.74, 6) is 0. The Hall–Kier alpha value is -0.776. The van der Waals surface area contributed by atoms with Gasteiger partial charge < -0.3 is 8.85 Å². The van der Waals surface area contributed by atoms with Crippen LogP contribution in [0.3, 0.4) is 0 Å². The van der Waals surface area contributed by atoms with Crippen molar-refractivity contribution in [3.8, 4) is 0 Å². The van der Waals surface area contributed by atoms with Crippen LogP contribution in [0.15, 0.2) is 41.3 Å². The van der Waals surface area contributed by atoms with Crippen LogP contribution in [0.2, 0.25) is 36.3 Å². The Kier molecular flexibility index (Phi) is 14.5. The van der Waals surface area contributed by atoms with Gasteiger partial charge in [0.15, 0.2) is 16.6 Å². The Bertz CT molecular complexity index is 1010. The van der Waals surface area contributed by atoms with Crippen LogP contribution in [0, 0.1) is 6.92 Å². The van der Waals surface area contributed by atoms with E-state index < -0.39 is 38.8 Å². The van der Waals surface area contributed by atoms with E-state index in [2.05, 4.69) is 91.5 Å². The molecule has 0 aliphatic carbocycles. The average molecular weight is 612 g/mol. The molecule has 1 N–H and O–H groups in total. The Labute approximate surface area is 250 Å². The van der Waals surface area contributed by atoms with Gasteiger partial charge in [0.25, 0.3) is 0 Å². The highest BCUT2D eigenvalue weighted by molar-refractivity contribution is 7.89. The summed E-state index contributed by atoms with van der Waals surface area (Å²) in [6.45, 7) is 26.6. The lowest BCUT2D eigenvalue weighted by atomic mass is 10.1. The maximum atomic E-state index is 13.6. The molecule has 0 radical (unpaired) electrons. The first kappa shape index (κ1) is 37.2. The minimum absolute atomic E-state index is 0.0107. The van der Waals surface area contributed by atoms with Crippen molar-refractivity contribution in [2.75, 3.05) is 6.61 Å². The zero-order valence-electron chi connectivity index (χ0n) is 27.8. The molecule has 0 saturated heterocycles. The van der Waals surface area contributed by atoms with Crippen LogP contribution >= 0.6 is 0 Å². The van der Waals surface area contributed by atoms with Crippen molar-refractivity contribution in [2.24, 2.45) is 0 Å². The van der Waals surface area contributed by atoms with Crippen molar-refractivity contribution in [1.82, 2.24) is 4.72 Å². The predicted octanol–water partition coefficient (Wildman–Crippen LogP) is 9.36. The van der Waals surface area contributed by atoms with E-state index in [9.17, 15) is 8.42 Å². The summed E-state index contributed by atoms with van der Waals surface area (Å²) >= 11 is 0. The quantitative estimate of drug-likeness (QED) is 0.108. The number of hydrogen-bond donors (Lipinski definition) is 1. The number of nitrogens with one attached hydrogen (secondary N) is 1. The fourth-order valence-corrected chi connectivity index (χ4v) is 7.28. The van der Waals surface area contributed by atoms with E-state index in [4.69, 9.17) is 8.85 Å². The molecule has 0 spiro atoms. The molecule has 0 bridgehead atoms. The molecule has 0 fully saturated rings. The second-order valence-electron chi connectivity index (χ2n) is 14.4. The monoisotopic (exact) mass is 611 g/mol. The van der Waals surface area contributed by atoms with Crippen LogP contribution in [0.25, 0.3) is 0 Å². The third kappa shape index (κ3) is 12.2. The van der Waals surface area contributed by atoms with Crippen LogP contribution in [-0.4, -0.2) is 43.8 Å². The highest BCUT2D eigenvalue weighted by atomic mass is 32.2. The van der Waals surface area contributed by atoms with Crippen molar-refractivity contribution in [3.63, 3.8) is 0 Å². The molecule has 1 rings (SSSR count). The zero-order valence-corrected chi connectivity index (χ0v) is 30.6. The normalized spacial score (nSPS) is 15.5. The average Bonchev–Trinajstić information content (AvgIpc) is 2.81. The topological polar surface area (TPSA) is 64.6 Å². The third-order valence-corrected chi connectivity index (χ3v) is 19.2. The van der Waals surface area contributed by atoms with Gasteiger partial charge >= 0.3 is 0 Å². The van der Waals surface area contributed by atoms with Gasteiger partial charge in [-0.2, -0.15) is 0 Å². The molecule has 0 aliphatic rings. The second-order valence-corrected chi connectivity index (χ2v) is 25.7. The number of allylic oxidation sites excluding steroid dienone is 1. The van der Waals surface area contributed by atoms with Crippen LogP contribution in [0.5, 0.6) is 0 Å². The smallest absolute Gasteiger partial charge is 0.240 e. The van der Waals surface area contributed by atoms with Gasteiger partial charge in [0.1, 0.15) is 0 Å². The molecule has 8 heteroatoms. The van der Waals surface area contributed by atoms with Crippen LogP contribution in [0.4, 0.5) is 0 Å². The lowest BCUT2D eigenvalue weighted by Gasteiger charge is -2.42. The Morgan fingerprint density at radius 3 is 1.90 bits per heavy atom. The van der Waals surface area contributed by atoms with Gasteiger partial charge in [-0.3, -0.25) is 0 Å². The summed E-state index contributed by atoms with van der Waals surface area (Å²) in [7, 11) is -8.14. The summed E-state index contributed by atoms with van der Waals surface area (Å²) in [6.07, 6.45) is 12.3. The van der Waals surface area contributed by atoms with Gasteiger partial charge in [-0.25, -0.2) is 13.1 Å². The van der Waals surface area contributed by atoms with Gasteiger partial charge in [-0.1, -0.05) is 110 Å². The maximum Gasteiger partial charge on any atom is 0.240 e. The predicted molar refractivity (Wildman–Crippen MR) is 178 cm³/mol. The van der Waals surface area contributed by atoms with Crippen molar-refractivity contribution in [2.45, 2.75) is 154 Å². The van der Waals surface area contributed by atoms with Crippen LogP contribution in [0.1, 0.15) is 99.0 Å². The molecule has 5 nitrogen and oxygen atoms in total. The largest absolute Gasteiger partial charge is 0.415 e. The van der Waals surface area contributed by atoms with Crippen molar-refractivity contribution in [1.29, 1.82) is 0 Å².